The molecule has 0 atom stereocenters. The molecule has 1 aromatic heterocycles. The Labute approximate surface area is 149 Å². The van der Waals surface area contributed by atoms with Crippen LogP contribution in [0.2, 0.25) is 0 Å². The Hall–Kier alpha value is -2.76. The average Bonchev–Trinajstić information content (AvgIpc) is 2.66. The molecule has 6 nitrogen and oxygen atoms in total. The summed E-state index contributed by atoms with van der Waals surface area (Å²) in [5.74, 6) is 2.29. The van der Waals surface area contributed by atoms with E-state index >= 15 is 0 Å². The second kappa shape index (κ2) is 9.52. The third kappa shape index (κ3) is 5.67. The van der Waals surface area contributed by atoms with Crippen molar-refractivity contribution in [3.05, 3.63) is 53.2 Å². The average molecular weight is 342 g/mol. The molecule has 25 heavy (non-hydrogen) atoms. The van der Waals surface area contributed by atoms with Crippen molar-refractivity contribution in [3.8, 4) is 11.6 Å². The van der Waals surface area contributed by atoms with Crippen molar-refractivity contribution in [1.29, 1.82) is 0 Å². The summed E-state index contributed by atoms with van der Waals surface area (Å²) in [6.45, 7) is 3.47. The number of benzene rings is 1. The van der Waals surface area contributed by atoms with Gasteiger partial charge in [-0.15, -0.1) is 0 Å². The summed E-state index contributed by atoms with van der Waals surface area (Å²) in [6, 6.07) is 10.1. The van der Waals surface area contributed by atoms with E-state index in [4.69, 9.17) is 9.47 Å². The second-order valence-corrected chi connectivity index (χ2v) is 5.62. The van der Waals surface area contributed by atoms with E-state index in [2.05, 4.69) is 38.8 Å². The zero-order valence-electron chi connectivity index (χ0n) is 15.3. The number of aromatic nitrogens is 1. The van der Waals surface area contributed by atoms with Crippen LogP contribution < -0.4 is 20.1 Å². The predicted octanol–water partition coefficient (Wildman–Crippen LogP) is 2.31. The zero-order chi connectivity index (χ0) is 18.1. The largest absolute Gasteiger partial charge is 0.496 e. The minimum Gasteiger partial charge on any atom is -0.496 e. The molecule has 0 saturated heterocycles. The molecular weight excluding hydrogens is 316 g/mol. The highest BCUT2D eigenvalue weighted by atomic mass is 16.5. The summed E-state index contributed by atoms with van der Waals surface area (Å²) in [5.41, 5.74) is 3.43. The van der Waals surface area contributed by atoms with Crippen molar-refractivity contribution in [3.63, 3.8) is 0 Å². The number of methoxy groups -OCH3 is 2. The number of nitrogens with one attached hydrogen (secondary N) is 2. The fourth-order valence-corrected chi connectivity index (χ4v) is 2.39. The maximum atomic E-state index is 5.37. The van der Waals surface area contributed by atoms with E-state index in [9.17, 15) is 0 Å². The maximum absolute atomic E-state index is 5.37. The highest BCUT2D eigenvalue weighted by Gasteiger charge is 2.02. The first-order chi connectivity index (χ1) is 12.2. The van der Waals surface area contributed by atoms with E-state index in [-0.39, 0.29) is 0 Å². The maximum Gasteiger partial charge on any atom is 0.212 e. The van der Waals surface area contributed by atoms with Gasteiger partial charge in [-0.05, 0) is 36.1 Å². The molecule has 0 amide bonds. The van der Waals surface area contributed by atoms with Crippen LogP contribution in [0.4, 0.5) is 0 Å². The van der Waals surface area contributed by atoms with Gasteiger partial charge in [-0.25, -0.2) is 4.98 Å². The highest BCUT2D eigenvalue weighted by molar-refractivity contribution is 5.79. The van der Waals surface area contributed by atoms with Gasteiger partial charge in [-0.1, -0.05) is 18.2 Å². The molecule has 1 aromatic carbocycles. The molecule has 6 heteroatoms. The molecule has 0 radical (unpaired) electrons. The molecule has 0 fully saturated rings. The first kappa shape index (κ1) is 18.6. The standard InChI is InChI=1S/C19H26N4O2/c1-14-5-6-15(11-17(14)24-3)9-10-21-19(20-2)23-13-16-7-8-18(25-4)22-12-16/h5-8,11-12H,9-10,13H2,1-4H3,(H2,20,21,23). The molecule has 0 saturated carbocycles. The second-order valence-electron chi connectivity index (χ2n) is 5.62. The fourth-order valence-electron chi connectivity index (χ4n) is 2.39. The number of aliphatic imine (C=N–C) groups is 1. The van der Waals surface area contributed by atoms with Crippen molar-refractivity contribution in [2.24, 2.45) is 4.99 Å². The van der Waals surface area contributed by atoms with Gasteiger partial charge in [-0.2, -0.15) is 0 Å². The lowest BCUT2D eigenvalue weighted by molar-refractivity contribution is 0.397. The third-order valence-corrected chi connectivity index (χ3v) is 3.87. The molecule has 134 valence electrons. The molecule has 1 heterocycles. The van der Waals surface area contributed by atoms with Gasteiger partial charge in [-0.3, -0.25) is 4.99 Å². The smallest absolute Gasteiger partial charge is 0.212 e. The summed E-state index contributed by atoms with van der Waals surface area (Å²) in [5, 5.41) is 6.59. The number of hydrogen-bond donors (Lipinski definition) is 2. The molecular formula is C19H26N4O2. The van der Waals surface area contributed by atoms with Crippen LogP contribution >= 0.6 is 0 Å². The van der Waals surface area contributed by atoms with Crippen LogP contribution in [-0.4, -0.2) is 38.8 Å². The van der Waals surface area contributed by atoms with Crippen LogP contribution in [0.15, 0.2) is 41.5 Å². The molecule has 2 aromatic rings. The van der Waals surface area contributed by atoms with Gasteiger partial charge >= 0.3 is 0 Å². The first-order valence-corrected chi connectivity index (χ1v) is 8.23. The molecule has 0 bridgehead atoms. The predicted molar refractivity (Wildman–Crippen MR) is 100 cm³/mol. The Morgan fingerprint density at radius 1 is 1.08 bits per heavy atom. The normalized spacial score (nSPS) is 11.1. The molecule has 2 rings (SSSR count). The number of nitrogens with zero attached hydrogens (tertiary/aromatic N) is 2. The van der Waals surface area contributed by atoms with Crippen LogP contribution in [0.1, 0.15) is 16.7 Å². The van der Waals surface area contributed by atoms with Gasteiger partial charge in [0.2, 0.25) is 5.88 Å². The lowest BCUT2D eigenvalue weighted by Gasteiger charge is -2.13. The first-order valence-electron chi connectivity index (χ1n) is 8.23. The number of ether oxygens (including phenoxy) is 2. The summed E-state index contributed by atoms with van der Waals surface area (Å²) in [4.78, 5) is 8.43. The van der Waals surface area contributed by atoms with Crippen molar-refractivity contribution in [2.45, 2.75) is 19.9 Å². The molecule has 2 N–H and O–H groups in total. The lowest BCUT2D eigenvalue weighted by Crippen LogP contribution is -2.37. The van der Waals surface area contributed by atoms with Gasteiger partial charge in [0.05, 0.1) is 14.2 Å². The summed E-state index contributed by atoms with van der Waals surface area (Å²) >= 11 is 0. The Kier molecular flexibility index (Phi) is 7.07. The van der Waals surface area contributed by atoms with Crippen molar-refractivity contribution < 1.29 is 9.47 Å². The SMILES string of the molecule is CN=C(NCCc1ccc(C)c(OC)c1)NCc1ccc(OC)nc1. The highest BCUT2D eigenvalue weighted by Crippen LogP contribution is 2.18. The Balaban J connectivity index is 1.80. The van der Waals surface area contributed by atoms with Crippen molar-refractivity contribution in [1.82, 2.24) is 15.6 Å². The minimum atomic E-state index is 0.611. The van der Waals surface area contributed by atoms with E-state index in [1.165, 1.54) is 5.56 Å². The van der Waals surface area contributed by atoms with Crippen molar-refractivity contribution in [2.75, 3.05) is 27.8 Å². The molecule has 0 aliphatic heterocycles. The molecule has 0 spiro atoms. The van der Waals surface area contributed by atoms with Crippen LogP contribution in [-0.2, 0) is 13.0 Å². The van der Waals surface area contributed by atoms with Gasteiger partial charge < -0.3 is 20.1 Å². The van der Waals surface area contributed by atoms with Crippen LogP contribution in [0, 0.1) is 6.92 Å². The Morgan fingerprint density at radius 2 is 1.88 bits per heavy atom. The van der Waals surface area contributed by atoms with E-state index in [0.717, 1.165) is 35.8 Å². The van der Waals surface area contributed by atoms with E-state index in [1.54, 1.807) is 27.5 Å². The number of rotatable bonds is 7. The van der Waals surface area contributed by atoms with E-state index < -0.39 is 0 Å². The van der Waals surface area contributed by atoms with Gasteiger partial charge in [0.15, 0.2) is 5.96 Å². The summed E-state index contributed by atoms with van der Waals surface area (Å²) < 4.78 is 10.4. The topological polar surface area (TPSA) is 67.8 Å². The number of aryl methyl sites for hydroxylation is 1. The quantitative estimate of drug-likeness (QED) is 0.597. The lowest BCUT2D eigenvalue weighted by atomic mass is 10.1. The van der Waals surface area contributed by atoms with E-state index in [0.29, 0.717) is 12.4 Å². The fraction of sp³-hybridized carbons (Fsp3) is 0.368. The molecule has 0 aliphatic rings. The number of guanidine groups is 1. The minimum absolute atomic E-state index is 0.611. The summed E-state index contributed by atoms with van der Waals surface area (Å²) in [7, 11) is 5.07. The Bertz CT molecular complexity index is 699. The van der Waals surface area contributed by atoms with Crippen molar-refractivity contribution >= 4 is 5.96 Å². The summed E-state index contributed by atoms with van der Waals surface area (Å²) in [6.07, 6.45) is 2.68. The van der Waals surface area contributed by atoms with E-state index in [1.807, 2.05) is 19.1 Å². The van der Waals surface area contributed by atoms with Gasteiger partial charge in [0.25, 0.3) is 0 Å². The van der Waals surface area contributed by atoms with Gasteiger partial charge in [0, 0.05) is 32.4 Å². The third-order valence-electron chi connectivity index (χ3n) is 3.87. The number of pyridine rings is 1. The van der Waals surface area contributed by atoms with Crippen LogP contribution in [0.25, 0.3) is 0 Å². The monoisotopic (exact) mass is 342 g/mol. The molecule has 0 aliphatic carbocycles. The van der Waals surface area contributed by atoms with Crippen LogP contribution in [0.3, 0.4) is 0 Å². The zero-order valence-corrected chi connectivity index (χ0v) is 15.3. The van der Waals surface area contributed by atoms with Crippen LogP contribution in [0.5, 0.6) is 11.6 Å². The number of hydrogen-bond acceptors (Lipinski definition) is 4. The van der Waals surface area contributed by atoms with Gasteiger partial charge in [0.1, 0.15) is 5.75 Å². The molecule has 0 unspecified atom stereocenters. The Morgan fingerprint density at radius 3 is 2.52 bits per heavy atom.